The molecule has 1 aromatic heterocycles. The largest absolute Gasteiger partial charge is 0.497 e. The van der Waals surface area contributed by atoms with Gasteiger partial charge in [-0.2, -0.15) is 0 Å². The first-order chi connectivity index (χ1) is 16.9. The highest BCUT2D eigenvalue weighted by Crippen LogP contribution is 2.38. The smallest absolute Gasteiger partial charge is 0.240 e. The Hall–Kier alpha value is -2.49. The third kappa shape index (κ3) is 5.52. The van der Waals surface area contributed by atoms with E-state index in [9.17, 15) is 12.8 Å². The monoisotopic (exact) mass is 515 g/mol. The molecule has 1 heterocycles. The molecule has 0 radical (unpaired) electrons. The van der Waals surface area contributed by atoms with Crippen LogP contribution in [-0.4, -0.2) is 33.1 Å². The second kappa shape index (κ2) is 10.2. The number of methoxy groups -OCH3 is 1. The van der Waals surface area contributed by atoms with Gasteiger partial charge in [-0.05, 0) is 92.8 Å². The molecule has 1 fully saturated rings. The Morgan fingerprint density at radius 1 is 1.09 bits per heavy atom. The lowest BCUT2D eigenvalue weighted by Crippen LogP contribution is -2.34. The SMILES string of the molecule is COc1ccc(S(=O)(=O)NC[C@H]2CC[C@H](Nc3nc4c(s3)CCCc3ccc(F)cc3-4)CC2)cc1. The Morgan fingerprint density at radius 3 is 2.60 bits per heavy atom. The van der Waals surface area contributed by atoms with Crippen molar-refractivity contribution < 1.29 is 17.5 Å². The first-order valence-electron chi connectivity index (χ1n) is 12.1. The maximum absolute atomic E-state index is 13.9. The number of ether oxygens (including phenoxy) is 1. The van der Waals surface area contributed by atoms with E-state index in [0.29, 0.717) is 24.3 Å². The zero-order chi connectivity index (χ0) is 24.4. The van der Waals surface area contributed by atoms with Crippen LogP contribution < -0.4 is 14.8 Å². The lowest BCUT2D eigenvalue weighted by Gasteiger charge is -2.29. The Bertz CT molecular complexity index is 1280. The number of nitrogens with zero attached hydrogens (tertiary/aromatic N) is 1. The Labute approximate surface area is 210 Å². The number of nitrogens with one attached hydrogen (secondary N) is 2. The van der Waals surface area contributed by atoms with Crippen molar-refractivity contribution in [1.29, 1.82) is 0 Å². The van der Waals surface area contributed by atoms with Gasteiger partial charge in [0, 0.05) is 23.0 Å². The third-order valence-corrected chi connectivity index (χ3v) is 9.47. The molecular formula is C26H30FN3O3S2. The van der Waals surface area contributed by atoms with Crippen LogP contribution in [0.1, 0.15) is 42.5 Å². The van der Waals surface area contributed by atoms with Gasteiger partial charge >= 0.3 is 0 Å². The van der Waals surface area contributed by atoms with Crippen molar-refractivity contribution in [2.24, 2.45) is 5.92 Å². The van der Waals surface area contributed by atoms with Crippen LogP contribution in [0, 0.1) is 11.7 Å². The third-order valence-electron chi connectivity index (χ3n) is 6.98. The van der Waals surface area contributed by atoms with E-state index in [4.69, 9.17) is 9.72 Å². The molecule has 9 heteroatoms. The number of sulfonamides is 1. The van der Waals surface area contributed by atoms with Crippen LogP contribution in [0.3, 0.4) is 0 Å². The summed E-state index contributed by atoms with van der Waals surface area (Å²) in [7, 11) is -1.98. The minimum Gasteiger partial charge on any atom is -0.497 e. The molecule has 2 aliphatic carbocycles. The van der Waals surface area contributed by atoms with Crippen molar-refractivity contribution >= 4 is 26.5 Å². The summed E-state index contributed by atoms with van der Waals surface area (Å²) in [4.78, 5) is 6.33. The fraction of sp³-hybridized carbons (Fsp3) is 0.423. The molecule has 0 bridgehead atoms. The van der Waals surface area contributed by atoms with Crippen molar-refractivity contribution in [2.75, 3.05) is 19.0 Å². The molecule has 1 saturated carbocycles. The summed E-state index contributed by atoms with van der Waals surface area (Å²) in [5.74, 6) is 0.715. The minimum absolute atomic E-state index is 0.222. The molecule has 0 aliphatic heterocycles. The van der Waals surface area contributed by atoms with E-state index >= 15 is 0 Å². The highest BCUT2D eigenvalue weighted by molar-refractivity contribution is 7.89. The fourth-order valence-electron chi connectivity index (χ4n) is 4.97. The van der Waals surface area contributed by atoms with Crippen LogP contribution in [0.2, 0.25) is 0 Å². The van der Waals surface area contributed by atoms with Gasteiger partial charge in [-0.1, -0.05) is 6.07 Å². The van der Waals surface area contributed by atoms with Crippen LogP contribution in [0.15, 0.2) is 47.4 Å². The van der Waals surface area contributed by atoms with Crippen molar-refractivity contribution in [3.8, 4) is 17.0 Å². The number of fused-ring (bicyclic) bond motifs is 3. The van der Waals surface area contributed by atoms with Crippen molar-refractivity contribution in [1.82, 2.24) is 9.71 Å². The molecule has 35 heavy (non-hydrogen) atoms. The number of anilines is 1. The first kappa shape index (κ1) is 24.2. The van der Waals surface area contributed by atoms with Crippen molar-refractivity contribution in [3.05, 3.63) is 58.7 Å². The van der Waals surface area contributed by atoms with Crippen LogP contribution in [0.5, 0.6) is 5.75 Å². The second-order valence-corrected chi connectivity index (χ2v) is 12.2. The number of rotatable bonds is 7. The summed E-state index contributed by atoms with van der Waals surface area (Å²) in [6.07, 6.45) is 6.78. The van der Waals surface area contributed by atoms with Gasteiger partial charge in [0.05, 0.1) is 17.7 Å². The van der Waals surface area contributed by atoms with Gasteiger partial charge in [-0.15, -0.1) is 11.3 Å². The molecule has 5 rings (SSSR count). The van der Waals surface area contributed by atoms with Crippen LogP contribution in [-0.2, 0) is 22.9 Å². The standard InChI is InChI=1S/C26H30FN3O3S2/c1-33-21-11-13-22(14-12-21)35(31,32)28-16-17-5-9-20(10-6-17)29-26-30-25-23-15-19(27)8-7-18(23)3-2-4-24(25)34-26/h7-8,11-15,17,20,28H,2-6,9-10,16H2,1H3,(H,29,30)/t17-,20-. The van der Waals surface area contributed by atoms with E-state index in [2.05, 4.69) is 10.0 Å². The Balaban J connectivity index is 1.16. The van der Waals surface area contributed by atoms with Crippen molar-refractivity contribution in [2.45, 2.75) is 55.9 Å². The quantitative estimate of drug-likeness (QED) is 0.441. The number of halogens is 1. The topological polar surface area (TPSA) is 80.3 Å². The molecule has 0 atom stereocenters. The summed E-state index contributed by atoms with van der Waals surface area (Å²) >= 11 is 1.68. The second-order valence-electron chi connectivity index (χ2n) is 9.34. The summed E-state index contributed by atoms with van der Waals surface area (Å²) < 4.78 is 47.0. The van der Waals surface area contributed by atoms with Gasteiger partial charge in [0.25, 0.3) is 0 Å². The van der Waals surface area contributed by atoms with Crippen molar-refractivity contribution in [3.63, 3.8) is 0 Å². The number of benzene rings is 2. The predicted octanol–water partition coefficient (Wildman–Crippen LogP) is 5.40. The van der Waals surface area contributed by atoms with Crippen LogP contribution in [0.4, 0.5) is 9.52 Å². The van der Waals surface area contributed by atoms with Crippen LogP contribution in [0.25, 0.3) is 11.3 Å². The average Bonchev–Trinajstić information content (AvgIpc) is 3.19. The summed E-state index contributed by atoms with van der Waals surface area (Å²) in [6, 6.07) is 11.8. The zero-order valence-electron chi connectivity index (χ0n) is 19.7. The summed E-state index contributed by atoms with van der Waals surface area (Å²) in [6.45, 7) is 0.439. The molecule has 2 aliphatic rings. The Morgan fingerprint density at radius 2 is 1.86 bits per heavy atom. The molecule has 0 saturated heterocycles. The molecule has 0 unspecified atom stereocenters. The van der Waals surface area contributed by atoms with Gasteiger partial charge in [-0.3, -0.25) is 0 Å². The number of hydrogen-bond donors (Lipinski definition) is 2. The number of thiazole rings is 1. The van der Waals surface area contributed by atoms with E-state index in [0.717, 1.165) is 61.3 Å². The van der Waals surface area contributed by atoms with E-state index in [-0.39, 0.29) is 10.7 Å². The molecular weight excluding hydrogens is 485 g/mol. The van der Waals surface area contributed by atoms with E-state index in [1.165, 1.54) is 16.5 Å². The molecule has 6 nitrogen and oxygen atoms in total. The average molecular weight is 516 g/mol. The number of aromatic nitrogens is 1. The molecule has 2 aromatic carbocycles. The highest BCUT2D eigenvalue weighted by atomic mass is 32.2. The van der Waals surface area contributed by atoms with Gasteiger partial charge in [0.2, 0.25) is 10.0 Å². The summed E-state index contributed by atoms with van der Waals surface area (Å²) in [5.41, 5.74) is 3.01. The zero-order valence-corrected chi connectivity index (χ0v) is 21.4. The maximum atomic E-state index is 13.9. The normalized spacial score (nSPS) is 19.9. The van der Waals surface area contributed by atoms with Crippen LogP contribution >= 0.6 is 11.3 Å². The van der Waals surface area contributed by atoms with E-state index in [1.807, 2.05) is 6.07 Å². The molecule has 186 valence electrons. The molecule has 2 N–H and O–H groups in total. The fourth-order valence-corrected chi connectivity index (χ4v) is 7.18. The maximum Gasteiger partial charge on any atom is 0.240 e. The van der Waals surface area contributed by atoms with Gasteiger partial charge in [0.15, 0.2) is 5.13 Å². The Kier molecular flexibility index (Phi) is 7.09. The molecule has 3 aromatic rings. The van der Waals surface area contributed by atoms with Gasteiger partial charge < -0.3 is 10.1 Å². The van der Waals surface area contributed by atoms with E-state index < -0.39 is 10.0 Å². The minimum atomic E-state index is -3.54. The predicted molar refractivity (Wildman–Crippen MR) is 137 cm³/mol. The number of aryl methyl sites for hydroxylation is 2. The lowest BCUT2D eigenvalue weighted by atomic mass is 9.86. The van der Waals surface area contributed by atoms with E-state index in [1.54, 1.807) is 48.8 Å². The number of hydrogen-bond acceptors (Lipinski definition) is 6. The van der Waals surface area contributed by atoms with Gasteiger partial charge in [-0.25, -0.2) is 22.5 Å². The molecule has 0 spiro atoms. The highest BCUT2D eigenvalue weighted by Gasteiger charge is 2.25. The lowest BCUT2D eigenvalue weighted by molar-refractivity contribution is 0.337. The molecule has 0 amide bonds. The van der Waals surface area contributed by atoms with Gasteiger partial charge in [0.1, 0.15) is 11.6 Å². The first-order valence-corrected chi connectivity index (χ1v) is 14.4. The summed E-state index contributed by atoms with van der Waals surface area (Å²) in [5, 5.41) is 4.50.